The molecule has 6 nitrogen and oxygen atoms in total. The van der Waals surface area contributed by atoms with Crippen molar-refractivity contribution in [1.82, 2.24) is 5.32 Å². The first-order chi connectivity index (χ1) is 9.87. The molecule has 0 saturated heterocycles. The van der Waals surface area contributed by atoms with Crippen molar-refractivity contribution in [3.63, 3.8) is 0 Å². The molecule has 0 spiro atoms. The van der Waals surface area contributed by atoms with Crippen LogP contribution in [0.4, 0.5) is 10.5 Å². The van der Waals surface area contributed by atoms with Gasteiger partial charge in [-0.05, 0) is 45.0 Å². The molecule has 0 aliphatic rings. The summed E-state index contributed by atoms with van der Waals surface area (Å²) in [6, 6.07) is 7.15. The number of alkyl carbamates (subject to hydrolysis) is 1. The second-order valence-corrected chi connectivity index (χ2v) is 5.54. The minimum atomic E-state index is -0.441. The number of amides is 1. The predicted molar refractivity (Wildman–Crippen MR) is 81.4 cm³/mol. The topological polar surface area (TPSA) is 82.8 Å². The Hall–Kier alpha value is -1.95. The van der Waals surface area contributed by atoms with Gasteiger partial charge in [0.15, 0.2) is 0 Å². The molecule has 118 valence electrons. The molecule has 3 N–H and O–H groups in total. The van der Waals surface area contributed by atoms with Crippen LogP contribution in [-0.4, -0.2) is 38.1 Å². The van der Waals surface area contributed by atoms with Crippen LogP contribution in [0.1, 0.15) is 20.8 Å². The van der Waals surface area contributed by atoms with Gasteiger partial charge in [-0.3, -0.25) is 0 Å². The van der Waals surface area contributed by atoms with Gasteiger partial charge in [0.1, 0.15) is 19.0 Å². The summed E-state index contributed by atoms with van der Waals surface area (Å²) in [4.78, 5) is 11.3. The molecule has 1 aromatic carbocycles. The van der Waals surface area contributed by atoms with E-state index in [-0.39, 0.29) is 12.1 Å². The Morgan fingerprint density at radius 3 is 2.33 bits per heavy atom. The van der Waals surface area contributed by atoms with Crippen molar-refractivity contribution in [3.05, 3.63) is 24.3 Å². The lowest BCUT2D eigenvalue weighted by molar-refractivity contribution is 0.0559. The largest absolute Gasteiger partial charge is 0.491 e. The molecule has 6 heteroatoms. The zero-order valence-corrected chi connectivity index (χ0v) is 12.8. The molecule has 0 fully saturated rings. The monoisotopic (exact) mass is 296 g/mol. The number of ether oxygens (including phenoxy) is 3. The van der Waals surface area contributed by atoms with Crippen molar-refractivity contribution >= 4 is 11.8 Å². The number of hydrogen-bond acceptors (Lipinski definition) is 5. The smallest absolute Gasteiger partial charge is 0.407 e. The Morgan fingerprint density at radius 1 is 1.10 bits per heavy atom. The summed E-state index contributed by atoms with van der Waals surface area (Å²) in [6.07, 6.45) is -0.441. The van der Waals surface area contributed by atoms with Gasteiger partial charge < -0.3 is 25.3 Å². The molecule has 0 heterocycles. The second kappa shape index (κ2) is 8.36. The van der Waals surface area contributed by atoms with Crippen molar-refractivity contribution in [2.45, 2.75) is 26.3 Å². The van der Waals surface area contributed by atoms with Gasteiger partial charge in [-0.15, -0.1) is 0 Å². The van der Waals surface area contributed by atoms with Gasteiger partial charge in [-0.25, -0.2) is 4.79 Å². The summed E-state index contributed by atoms with van der Waals surface area (Å²) >= 11 is 0. The van der Waals surface area contributed by atoms with Crippen LogP contribution in [0.5, 0.6) is 5.75 Å². The van der Waals surface area contributed by atoms with Crippen LogP contribution in [-0.2, 0) is 9.47 Å². The molecular weight excluding hydrogens is 272 g/mol. The summed E-state index contributed by atoms with van der Waals surface area (Å²) in [5.74, 6) is 0.744. The Bertz CT molecular complexity index is 426. The van der Waals surface area contributed by atoms with Crippen LogP contribution in [0.3, 0.4) is 0 Å². The van der Waals surface area contributed by atoms with Crippen molar-refractivity contribution in [2.75, 3.05) is 32.2 Å². The van der Waals surface area contributed by atoms with E-state index in [1.807, 2.05) is 20.8 Å². The number of nitrogens with one attached hydrogen (secondary N) is 1. The van der Waals surface area contributed by atoms with Gasteiger partial charge in [0.25, 0.3) is 0 Å². The molecule has 1 rings (SSSR count). The molecule has 1 amide bonds. The average molecular weight is 296 g/mol. The summed E-state index contributed by atoms with van der Waals surface area (Å²) < 4.78 is 15.7. The Labute approximate surface area is 125 Å². The number of benzene rings is 1. The minimum Gasteiger partial charge on any atom is -0.491 e. The van der Waals surface area contributed by atoms with Crippen molar-refractivity contribution in [3.8, 4) is 5.75 Å². The molecule has 0 saturated carbocycles. The second-order valence-electron chi connectivity index (χ2n) is 5.54. The Balaban J connectivity index is 2.00. The molecule has 1 aromatic rings. The number of nitrogens with two attached hydrogens (primary N) is 1. The molecule has 21 heavy (non-hydrogen) atoms. The molecule has 0 aliphatic heterocycles. The quantitative estimate of drug-likeness (QED) is 0.595. The third-order valence-corrected chi connectivity index (χ3v) is 2.31. The van der Waals surface area contributed by atoms with Crippen LogP contribution in [0, 0.1) is 0 Å². The summed E-state index contributed by atoms with van der Waals surface area (Å²) in [7, 11) is 0. The minimum absolute atomic E-state index is 0.212. The van der Waals surface area contributed by atoms with Gasteiger partial charge >= 0.3 is 6.09 Å². The van der Waals surface area contributed by atoms with E-state index in [9.17, 15) is 4.79 Å². The summed E-state index contributed by atoms with van der Waals surface area (Å²) in [5.41, 5.74) is 5.97. The van der Waals surface area contributed by atoms with E-state index in [1.165, 1.54) is 0 Å². The van der Waals surface area contributed by atoms with Crippen LogP contribution in [0.25, 0.3) is 0 Å². The van der Waals surface area contributed by atoms with Gasteiger partial charge in [0, 0.05) is 11.2 Å². The van der Waals surface area contributed by atoms with E-state index in [1.54, 1.807) is 24.3 Å². The molecule has 0 bridgehead atoms. The average Bonchev–Trinajstić information content (AvgIpc) is 2.37. The maximum Gasteiger partial charge on any atom is 0.407 e. The van der Waals surface area contributed by atoms with Crippen LogP contribution in [0.2, 0.25) is 0 Å². The first kappa shape index (κ1) is 17.1. The highest BCUT2D eigenvalue weighted by atomic mass is 16.6. The molecule has 0 aromatic heterocycles. The van der Waals surface area contributed by atoms with Crippen molar-refractivity contribution < 1.29 is 19.0 Å². The number of rotatable bonds is 7. The van der Waals surface area contributed by atoms with E-state index >= 15 is 0 Å². The third kappa shape index (κ3) is 8.75. The number of anilines is 1. The predicted octanol–water partition coefficient (Wildman–Crippen LogP) is 2.19. The Morgan fingerprint density at radius 2 is 1.71 bits per heavy atom. The zero-order valence-electron chi connectivity index (χ0n) is 12.8. The fraction of sp³-hybridized carbons (Fsp3) is 0.533. The molecule has 0 radical (unpaired) electrons. The van der Waals surface area contributed by atoms with Crippen LogP contribution in [0.15, 0.2) is 24.3 Å². The number of nitrogen functional groups attached to an aromatic ring is 1. The SMILES string of the molecule is CC(C)(C)NC(=O)OCCOCCOc1ccc(N)cc1. The van der Waals surface area contributed by atoms with Gasteiger partial charge in [0.2, 0.25) is 0 Å². The highest BCUT2D eigenvalue weighted by Gasteiger charge is 2.14. The van der Waals surface area contributed by atoms with E-state index in [2.05, 4.69) is 5.32 Å². The Kier molecular flexibility index (Phi) is 6.81. The fourth-order valence-electron chi connectivity index (χ4n) is 1.42. The standard InChI is InChI=1S/C15H24N2O4/c1-15(2,3)17-14(18)21-11-9-19-8-10-20-13-6-4-12(16)5-7-13/h4-7H,8-11,16H2,1-3H3,(H,17,18). The molecular formula is C15H24N2O4. The summed E-state index contributed by atoms with van der Waals surface area (Å²) in [6.45, 7) is 7.07. The molecule has 0 aliphatic carbocycles. The van der Waals surface area contributed by atoms with E-state index in [0.29, 0.717) is 25.5 Å². The van der Waals surface area contributed by atoms with E-state index in [0.717, 1.165) is 5.75 Å². The maximum atomic E-state index is 11.3. The fourth-order valence-corrected chi connectivity index (χ4v) is 1.42. The van der Waals surface area contributed by atoms with Gasteiger partial charge in [-0.1, -0.05) is 0 Å². The van der Waals surface area contributed by atoms with E-state index < -0.39 is 6.09 Å². The number of hydrogen-bond donors (Lipinski definition) is 2. The number of carbonyl (C=O) groups excluding carboxylic acids is 1. The number of carbonyl (C=O) groups is 1. The van der Waals surface area contributed by atoms with Crippen molar-refractivity contribution in [2.24, 2.45) is 0 Å². The highest BCUT2D eigenvalue weighted by Crippen LogP contribution is 2.12. The third-order valence-electron chi connectivity index (χ3n) is 2.31. The summed E-state index contributed by atoms with van der Waals surface area (Å²) in [5, 5.41) is 2.70. The lowest BCUT2D eigenvalue weighted by atomic mass is 10.1. The lowest BCUT2D eigenvalue weighted by Crippen LogP contribution is -2.41. The van der Waals surface area contributed by atoms with Crippen LogP contribution < -0.4 is 15.8 Å². The first-order valence-corrected chi connectivity index (χ1v) is 6.88. The van der Waals surface area contributed by atoms with Crippen molar-refractivity contribution in [1.29, 1.82) is 0 Å². The van der Waals surface area contributed by atoms with Crippen LogP contribution >= 0.6 is 0 Å². The first-order valence-electron chi connectivity index (χ1n) is 6.88. The zero-order chi connectivity index (χ0) is 15.7. The van der Waals surface area contributed by atoms with E-state index in [4.69, 9.17) is 19.9 Å². The molecule has 0 atom stereocenters. The lowest BCUT2D eigenvalue weighted by Gasteiger charge is -2.19. The molecule has 0 unspecified atom stereocenters. The van der Waals surface area contributed by atoms with Gasteiger partial charge in [-0.2, -0.15) is 0 Å². The maximum absolute atomic E-state index is 11.3. The highest BCUT2D eigenvalue weighted by molar-refractivity contribution is 5.67. The normalized spacial score (nSPS) is 11.0. The van der Waals surface area contributed by atoms with Gasteiger partial charge in [0.05, 0.1) is 13.2 Å².